The highest BCUT2D eigenvalue weighted by molar-refractivity contribution is 6.01. The van der Waals surface area contributed by atoms with Crippen molar-refractivity contribution >= 4 is 16.9 Å². The Bertz CT molecular complexity index is 813. The first-order valence-electron chi connectivity index (χ1n) is 6.74. The van der Waals surface area contributed by atoms with Crippen LogP contribution in [0, 0.1) is 13.8 Å². The predicted octanol–water partition coefficient (Wildman–Crippen LogP) is 3.88. The second-order valence-electron chi connectivity index (χ2n) is 4.79. The number of aromatic nitrogens is 1. The number of hydrogen-bond acceptors (Lipinski definition) is 5. The van der Waals surface area contributed by atoms with E-state index in [0.717, 1.165) is 22.2 Å². The number of carbonyl (C=O) groups excluding carboxylic acids is 1. The Balaban J connectivity index is 2.21. The lowest BCUT2D eigenvalue weighted by Crippen LogP contribution is -2.04. The average Bonchev–Trinajstić information content (AvgIpc) is 3.03. The fraction of sp³-hybridized carbons (Fsp3) is 0.250. The first-order valence-corrected chi connectivity index (χ1v) is 6.74. The van der Waals surface area contributed by atoms with E-state index in [-0.39, 0.29) is 5.76 Å². The molecule has 0 unspecified atom stereocenters. The quantitative estimate of drug-likeness (QED) is 0.683. The molecule has 0 fully saturated rings. The molecule has 0 spiro atoms. The molecule has 5 heteroatoms. The van der Waals surface area contributed by atoms with Gasteiger partial charge in [0.1, 0.15) is 5.58 Å². The van der Waals surface area contributed by atoms with Crippen molar-refractivity contribution in [2.24, 2.45) is 0 Å². The summed E-state index contributed by atoms with van der Waals surface area (Å²) in [5.41, 5.74) is 3.02. The van der Waals surface area contributed by atoms with Gasteiger partial charge in [-0.05, 0) is 26.8 Å². The van der Waals surface area contributed by atoms with Crippen molar-refractivity contribution in [3.05, 3.63) is 41.3 Å². The maximum Gasteiger partial charge on any atom is 0.374 e. The van der Waals surface area contributed by atoms with Crippen LogP contribution in [0.4, 0.5) is 0 Å². The SMILES string of the molecule is CCOC(=O)c1oc2cccc(-c3cc(C)no3)c2c1C. The molecule has 0 bridgehead atoms. The number of carbonyl (C=O) groups is 1. The lowest BCUT2D eigenvalue weighted by atomic mass is 10.0. The molecule has 108 valence electrons. The maximum atomic E-state index is 11.9. The Morgan fingerprint density at radius 3 is 2.81 bits per heavy atom. The molecular weight excluding hydrogens is 270 g/mol. The Morgan fingerprint density at radius 1 is 1.33 bits per heavy atom. The maximum absolute atomic E-state index is 11.9. The van der Waals surface area contributed by atoms with Crippen molar-refractivity contribution in [2.75, 3.05) is 6.61 Å². The van der Waals surface area contributed by atoms with Gasteiger partial charge >= 0.3 is 5.97 Å². The van der Waals surface area contributed by atoms with Gasteiger partial charge < -0.3 is 13.7 Å². The number of aryl methyl sites for hydroxylation is 2. The van der Waals surface area contributed by atoms with Crippen LogP contribution in [0.3, 0.4) is 0 Å². The van der Waals surface area contributed by atoms with E-state index in [0.29, 0.717) is 18.0 Å². The van der Waals surface area contributed by atoms with Crippen LogP contribution >= 0.6 is 0 Å². The number of furan rings is 1. The van der Waals surface area contributed by atoms with Crippen molar-refractivity contribution in [3.8, 4) is 11.3 Å². The van der Waals surface area contributed by atoms with Gasteiger partial charge in [0.15, 0.2) is 5.76 Å². The molecule has 0 N–H and O–H groups in total. The van der Waals surface area contributed by atoms with Gasteiger partial charge in [0, 0.05) is 22.6 Å². The van der Waals surface area contributed by atoms with E-state index in [4.69, 9.17) is 13.7 Å². The molecule has 0 amide bonds. The highest BCUT2D eigenvalue weighted by Crippen LogP contribution is 2.35. The number of rotatable bonds is 3. The van der Waals surface area contributed by atoms with Crippen molar-refractivity contribution in [1.29, 1.82) is 0 Å². The van der Waals surface area contributed by atoms with Gasteiger partial charge in [-0.15, -0.1) is 0 Å². The summed E-state index contributed by atoms with van der Waals surface area (Å²) in [6, 6.07) is 7.44. The van der Waals surface area contributed by atoms with E-state index in [9.17, 15) is 4.79 Å². The highest BCUT2D eigenvalue weighted by Gasteiger charge is 2.22. The Hall–Kier alpha value is -2.56. The summed E-state index contributed by atoms with van der Waals surface area (Å²) in [6.07, 6.45) is 0. The minimum atomic E-state index is -0.453. The average molecular weight is 285 g/mol. The lowest BCUT2D eigenvalue weighted by Gasteiger charge is -1.99. The summed E-state index contributed by atoms with van der Waals surface area (Å²) in [5, 5.41) is 4.75. The number of esters is 1. The minimum Gasteiger partial charge on any atom is -0.460 e. The molecule has 2 aromatic heterocycles. The van der Waals surface area contributed by atoms with Gasteiger partial charge in [-0.25, -0.2) is 4.79 Å². The summed E-state index contributed by atoms with van der Waals surface area (Å²) in [7, 11) is 0. The fourth-order valence-electron chi connectivity index (χ4n) is 2.39. The van der Waals surface area contributed by atoms with Crippen LogP contribution in [-0.2, 0) is 4.74 Å². The first kappa shape index (κ1) is 13.4. The normalized spacial score (nSPS) is 11.0. The molecular formula is C16H15NO4. The molecule has 5 nitrogen and oxygen atoms in total. The summed E-state index contributed by atoms with van der Waals surface area (Å²) in [4.78, 5) is 11.9. The smallest absolute Gasteiger partial charge is 0.374 e. The number of fused-ring (bicyclic) bond motifs is 1. The fourth-order valence-corrected chi connectivity index (χ4v) is 2.39. The zero-order valence-electron chi connectivity index (χ0n) is 12.1. The van der Waals surface area contributed by atoms with Crippen molar-refractivity contribution in [3.63, 3.8) is 0 Å². The van der Waals surface area contributed by atoms with E-state index >= 15 is 0 Å². The third-order valence-corrected chi connectivity index (χ3v) is 3.31. The molecule has 0 atom stereocenters. The summed E-state index contributed by atoms with van der Waals surface area (Å²) < 4.78 is 16.0. The van der Waals surface area contributed by atoms with Crippen LogP contribution in [-0.4, -0.2) is 17.7 Å². The lowest BCUT2D eigenvalue weighted by molar-refractivity contribution is 0.0491. The molecule has 0 saturated carbocycles. The van der Waals surface area contributed by atoms with Gasteiger partial charge in [-0.2, -0.15) is 0 Å². The van der Waals surface area contributed by atoms with Crippen molar-refractivity contribution in [2.45, 2.75) is 20.8 Å². The van der Waals surface area contributed by atoms with E-state index in [1.165, 1.54) is 0 Å². The highest BCUT2D eigenvalue weighted by atomic mass is 16.5. The van der Waals surface area contributed by atoms with E-state index in [1.54, 1.807) is 6.92 Å². The Kier molecular flexibility index (Phi) is 3.25. The zero-order chi connectivity index (χ0) is 15.0. The Labute approximate surface area is 121 Å². The monoisotopic (exact) mass is 285 g/mol. The third kappa shape index (κ3) is 2.20. The molecule has 3 rings (SSSR count). The summed E-state index contributed by atoms with van der Waals surface area (Å²) >= 11 is 0. The van der Waals surface area contributed by atoms with Gasteiger partial charge in [0.05, 0.1) is 12.3 Å². The minimum absolute atomic E-state index is 0.232. The standard InChI is InChI=1S/C16H15NO4/c1-4-19-16(18)15-10(3)14-11(6-5-7-12(14)20-15)13-8-9(2)17-21-13/h5-8H,4H2,1-3H3. The molecule has 0 aliphatic heterocycles. The van der Waals surface area contributed by atoms with Crippen LogP contribution in [0.15, 0.2) is 33.2 Å². The van der Waals surface area contributed by atoms with Crippen LogP contribution < -0.4 is 0 Å². The van der Waals surface area contributed by atoms with Crippen LogP contribution in [0.2, 0.25) is 0 Å². The third-order valence-electron chi connectivity index (χ3n) is 3.31. The molecule has 0 radical (unpaired) electrons. The van der Waals surface area contributed by atoms with Gasteiger partial charge in [0.2, 0.25) is 5.76 Å². The summed E-state index contributed by atoms with van der Waals surface area (Å²) in [6.45, 7) is 5.77. The molecule has 2 heterocycles. The number of nitrogens with zero attached hydrogens (tertiary/aromatic N) is 1. The predicted molar refractivity (Wildman–Crippen MR) is 77.1 cm³/mol. The molecule has 0 aliphatic rings. The van der Waals surface area contributed by atoms with Crippen molar-refractivity contribution < 1.29 is 18.5 Å². The second-order valence-corrected chi connectivity index (χ2v) is 4.79. The first-order chi connectivity index (χ1) is 10.1. The van der Waals surface area contributed by atoms with Crippen LogP contribution in [0.5, 0.6) is 0 Å². The molecule has 1 aromatic carbocycles. The van der Waals surface area contributed by atoms with Gasteiger partial charge in [-0.3, -0.25) is 0 Å². The zero-order valence-corrected chi connectivity index (χ0v) is 12.1. The number of hydrogen-bond donors (Lipinski definition) is 0. The van der Waals surface area contributed by atoms with Crippen molar-refractivity contribution in [1.82, 2.24) is 5.16 Å². The van der Waals surface area contributed by atoms with E-state index in [1.807, 2.05) is 38.1 Å². The van der Waals surface area contributed by atoms with Crippen LogP contribution in [0.1, 0.15) is 28.7 Å². The topological polar surface area (TPSA) is 65.5 Å². The van der Waals surface area contributed by atoms with Gasteiger partial charge in [-0.1, -0.05) is 17.3 Å². The van der Waals surface area contributed by atoms with E-state index in [2.05, 4.69) is 5.16 Å². The molecule has 0 aliphatic carbocycles. The molecule has 0 saturated heterocycles. The largest absolute Gasteiger partial charge is 0.460 e. The molecule has 3 aromatic rings. The van der Waals surface area contributed by atoms with Gasteiger partial charge in [0.25, 0.3) is 0 Å². The second kappa shape index (κ2) is 5.09. The van der Waals surface area contributed by atoms with Crippen LogP contribution in [0.25, 0.3) is 22.3 Å². The Morgan fingerprint density at radius 2 is 2.14 bits per heavy atom. The van der Waals surface area contributed by atoms with E-state index < -0.39 is 5.97 Å². The summed E-state index contributed by atoms with van der Waals surface area (Å²) in [5.74, 6) is 0.429. The number of ether oxygens (including phenoxy) is 1. The molecule has 21 heavy (non-hydrogen) atoms. The number of benzene rings is 1.